The number of rotatable bonds is 3. The Morgan fingerprint density at radius 3 is 2.48 bits per heavy atom. The quantitative estimate of drug-likeness (QED) is 0.688. The monoisotopic (exact) mass is 390 g/mol. The number of hydrogen-bond acceptors (Lipinski definition) is 5. The van der Waals surface area contributed by atoms with Gasteiger partial charge in [-0.3, -0.25) is 4.98 Å². The van der Waals surface area contributed by atoms with Crippen LogP contribution in [0.2, 0.25) is 0 Å². The number of aromatic nitrogens is 1. The molecule has 0 atom stereocenters. The molecule has 0 saturated carbocycles. The maximum atomic E-state index is 13.9. The third-order valence-electron chi connectivity index (χ3n) is 4.49. The van der Waals surface area contributed by atoms with E-state index in [1.165, 1.54) is 42.6 Å². The SMILES string of the molecule is O=S(=O)(c1cccc(F)c1)c1cnc2ccc(F)cc2c1N1CCOCC1. The Morgan fingerprint density at radius 2 is 1.74 bits per heavy atom. The smallest absolute Gasteiger partial charge is 0.210 e. The number of sulfone groups is 1. The fourth-order valence-corrected chi connectivity index (χ4v) is 4.67. The number of halogens is 2. The molecular weight excluding hydrogens is 374 g/mol. The summed E-state index contributed by atoms with van der Waals surface area (Å²) >= 11 is 0. The summed E-state index contributed by atoms with van der Waals surface area (Å²) < 4.78 is 59.3. The molecule has 0 bridgehead atoms. The van der Waals surface area contributed by atoms with Gasteiger partial charge in [-0.05, 0) is 36.4 Å². The second kappa shape index (κ2) is 6.86. The van der Waals surface area contributed by atoms with Crippen LogP contribution in [0, 0.1) is 11.6 Å². The molecule has 1 aliphatic rings. The van der Waals surface area contributed by atoms with E-state index in [9.17, 15) is 17.2 Å². The van der Waals surface area contributed by atoms with Gasteiger partial charge in [0.05, 0.1) is 29.3 Å². The first-order chi connectivity index (χ1) is 13.0. The van der Waals surface area contributed by atoms with Gasteiger partial charge in [0, 0.05) is 24.7 Å². The molecular formula is C19H16F2N2O3S. The van der Waals surface area contributed by atoms with Gasteiger partial charge in [0.2, 0.25) is 9.84 Å². The van der Waals surface area contributed by atoms with E-state index in [0.29, 0.717) is 42.9 Å². The third-order valence-corrected chi connectivity index (χ3v) is 6.24. The first-order valence-corrected chi connectivity index (χ1v) is 9.87. The highest BCUT2D eigenvalue weighted by Gasteiger charge is 2.28. The predicted octanol–water partition coefficient (Wildman–Crippen LogP) is 3.18. The van der Waals surface area contributed by atoms with Crippen LogP contribution in [-0.2, 0) is 14.6 Å². The van der Waals surface area contributed by atoms with E-state index in [0.717, 1.165) is 6.07 Å². The molecule has 0 unspecified atom stereocenters. The zero-order valence-corrected chi connectivity index (χ0v) is 15.0. The minimum Gasteiger partial charge on any atom is -0.378 e. The van der Waals surface area contributed by atoms with Crippen LogP contribution >= 0.6 is 0 Å². The number of pyridine rings is 1. The van der Waals surface area contributed by atoms with Crippen LogP contribution in [0.5, 0.6) is 0 Å². The fraction of sp³-hybridized carbons (Fsp3) is 0.211. The van der Waals surface area contributed by atoms with Crippen molar-refractivity contribution in [1.82, 2.24) is 4.98 Å². The summed E-state index contributed by atoms with van der Waals surface area (Å²) in [7, 11) is -4.05. The van der Waals surface area contributed by atoms with Crippen molar-refractivity contribution < 1.29 is 21.9 Å². The predicted molar refractivity (Wildman–Crippen MR) is 96.6 cm³/mol. The summed E-state index contributed by atoms with van der Waals surface area (Å²) in [6.07, 6.45) is 1.26. The molecule has 3 aromatic rings. The van der Waals surface area contributed by atoms with Crippen LogP contribution in [0.4, 0.5) is 14.5 Å². The van der Waals surface area contributed by atoms with E-state index in [-0.39, 0.29) is 9.79 Å². The Kier molecular flexibility index (Phi) is 4.53. The molecule has 0 N–H and O–H groups in total. The van der Waals surface area contributed by atoms with Crippen molar-refractivity contribution in [2.24, 2.45) is 0 Å². The minimum atomic E-state index is -4.05. The van der Waals surface area contributed by atoms with Crippen molar-refractivity contribution in [3.05, 3.63) is 60.3 Å². The van der Waals surface area contributed by atoms with Crippen molar-refractivity contribution in [3.8, 4) is 0 Å². The summed E-state index contributed by atoms with van der Waals surface area (Å²) in [5, 5.41) is 0.398. The number of hydrogen-bond donors (Lipinski definition) is 0. The van der Waals surface area contributed by atoms with Crippen LogP contribution in [-0.4, -0.2) is 39.7 Å². The largest absolute Gasteiger partial charge is 0.378 e. The summed E-state index contributed by atoms with van der Waals surface area (Å²) in [6, 6.07) is 8.87. The summed E-state index contributed by atoms with van der Waals surface area (Å²) in [5.74, 6) is -1.14. The average Bonchev–Trinajstić information content (AvgIpc) is 2.67. The lowest BCUT2D eigenvalue weighted by Crippen LogP contribution is -2.37. The Hall–Kier alpha value is -2.58. The van der Waals surface area contributed by atoms with Crippen molar-refractivity contribution in [2.45, 2.75) is 9.79 Å². The summed E-state index contributed by atoms with van der Waals surface area (Å²) in [4.78, 5) is 5.79. The lowest BCUT2D eigenvalue weighted by molar-refractivity contribution is 0.122. The lowest BCUT2D eigenvalue weighted by Gasteiger charge is -2.31. The molecule has 4 rings (SSSR count). The van der Waals surface area contributed by atoms with Crippen molar-refractivity contribution in [3.63, 3.8) is 0 Å². The van der Waals surface area contributed by atoms with E-state index in [2.05, 4.69) is 4.98 Å². The average molecular weight is 390 g/mol. The standard InChI is InChI=1S/C19H16F2N2O3S/c20-13-2-1-3-15(10-13)27(24,25)18-12-22-17-5-4-14(21)11-16(17)19(18)23-6-8-26-9-7-23/h1-5,10-12H,6-9H2. The molecule has 2 heterocycles. The molecule has 0 aliphatic carbocycles. The second-order valence-corrected chi connectivity index (χ2v) is 8.11. The topological polar surface area (TPSA) is 59.5 Å². The van der Waals surface area contributed by atoms with Gasteiger partial charge in [0.1, 0.15) is 16.5 Å². The highest BCUT2D eigenvalue weighted by molar-refractivity contribution is 7.91. The molecule has 1 aliphatic heterocycles. The number of nitrogens with zero attached hydrogens (tertiary/aromatic N) is 2. The number of morpholine rings is 1. The molecule has 1 saturated heterocycles. The van der Waals surface area contributed by atoms with Gasteiger partial charge in [-0.15, -0.1) is 0 Å². The highest BCUT2D eigenvalue weighted by atomic mass is 32.2. The number of benzene rings is 2. The molecule has 2 aromatic carbocycles. The van der Waals surface area contributed by atoms with Crippen LogP contribution < -0.4 is 4.90 Å². The molecule has 0 radical (unpaired) electrons. The highest BCUT2D eigenvalue weighted by Crippen LogP contribution is 2.36. The van der Waals surface area contributed by atoms with Gasteiger partial charge >= 0.3 is 0 Å². The van der Waals surface area contributed by atoms with Crippen LogP contribution in [0.25, 0.3) is 10.9 Å². The first kappa shape index (κ1) is 17.8. The van der Waals surface area contributed by atoms with Gasteiger partial charge in [-0.25, -0.2) is 17.2 Å². The molecule has 5 nitrogen and oxygen atoms in total. The van der Waals surface area contributed by atoms with E-state index in [4.69, 9.17) is 4.74 Å². The molecule has 8 heteroatoms. The Bertz CT molecular complexity index is 1110. The minimum absolute atomic E-state index is 0.0758. The van der Waals surface area contributed by atoms with Crippen LogP contribution in [0.3, 0.4) is 0 Å². The van der Waals surface area contributed by atoms with Gasteiger partial charge in [0.15, 0.2) is 0 Å². The van der Waals surface area contributed by atoms with Gasteiger partial charge in [0.25, 0.3) is 0 Å². The van der Waals surface area contributed by atoms with Gasteiger partial charge < -0.3 is 9.64 Å². The lowest BCUT2D eigenvalue weighted by atomic mass is 10.1. The fourth-order valence-electron chi connectivity index (χ4n) is 3.20. The Morgan fingerprint density at radius 1 is 1.00 bits per heavy atom. The van der Waals surface area contributed by atoms with Crippen molar-refractivity contribution in [1.29, 1.82) is 0 Å². The normalized spacial score (nSPS) is 15.3. The molecule has 0 spiro atoms. The number of anilines is 1. The van der Waals surface area contributed by atoms with E-state index >= 15 is 0 Å². The molecule has 1 fully saturated rings. The van der Waals surface area contributed by atoms with E-state index in [1.807, 2.05) is 4.90 Å². The second-order valence-electron chi connectivity index (χ2n) is 6.19. The zero-order chi connectivity index (χ0) is 19.0. The summed E-state index contributed by atoms with van der Waals surface area (Å²) in [6.45, 7) is 1.78. The van der Waals surface area contributed by atoms with Crippen molar-refractivity contribution in [2.75, 3.05) is 31.2 Å². The van der Waals surface area contributed by atoms with Crippen molar-refractivity contribution >= 4 is 26.4 Å². The molecule has 140 valence electrons. The van der Waals surface area contributed by atoms with Crippen LogP contribution in [0.15, 0.2) is 58.5 Å². The maximum Gasteiger partial charge on any atom is 0.210 e. The maximum absolute atomic E-state index is 13.9. The van der Waals surface area contributed by atoms with Gasteiger partial charge in [-0.1, -0.05) is 6.07 Å². The molecule has 1 aromatic heterocycles. The Balaban J connectivity index is 1.99. The third kappa shape index (κ3) is 3.26. The van der Waals surface area contributed by atoms with Gasteiger partial charge in [-0.2, -0.15) is 0 Å². The summed E-state index contributed by atoms with van der Waals surface area (Å²) in [5.41, 5.74) is 0.850. The number of fused-ring (bicyclic) bond motifs is 1. The molecule has 0 amide bonds. The molecule has 27 heavy (non-hydrogen) atoms. The zero-order valence-electron chi connectivity index (χ0n) is 14.2. The Labute approximate surface area is 155 Å². The number of ether oxygens (including phenoxy) is 1. The first-order valence-electron chi connectivity index (χ1n) is 8.38. The van der Waals surface area contributed by atoms with E-state index < -0.39 is 21.5 Å². The van der Waals surface area contributed by atoms with Crippen LogP contribution in [0.1, 0.15) is 0 Å². The van der Waals surface area contributed by atoms with E-state index in [1.54, 1.807) is 0 Å².